The summed E-state index contributed by atoms with van der Waals surface area (Å²) in [5.74, 6) is -0.878. The lowest BCUT2D eigenvalue weighted by atomic mass is 10.0. The number of esters is 2. The van der Waals surface area contributed by atoms with Crippen LogP contribution in [-0.2, 0) is 19.1 Å². The molecule has 0 bridgehead atoms. The fourth-order valence-corrected chi connectivity index (χ4v) is 2.03. The van der Waals surface area contributed by atoms with Gasteiger partial charge in [-0.05, 0) is 26.0 Å². The van der Waals surface area contributed by atoms with Crippen molar-refractivity contribution in [2.45, 2.75) is 13.8 Å². The predicted molar refractivity (Wildman–Crippen MR) is 73.4 cm³/mol. The SMILES string of the molecule is CCOC(=O)C1=CN2CC=CC=C2C(C(=O)OCC)=C1. The molecule has 0 aromatic heterocycles. The third-order valence-electron chi connectivity index (χ3n) is 2.88. The van der Waals surface area contributed by atoms with Crippen molar-refractivity contribution < 1.29 is 19.1 Å². The Morgan fingerprint density at radius 3 is 2.60 bits per heavy atom. The second kappa shape index (κ2) is 6.23. The zero-order valence-electron chi connectivity index (χ0n) is 11.6. The minimum absolute atomic E-state index is 0.289. The lowest BCUT2D eigenvalue weighted by molar-refractivity contribution is -0.138. The van der Waals surface area contributed by atoms with Gasteiger partial charge in [-0.25, -0.2) is 9.59 Å². The van der Waals surface area contributed by atoms with Crippen molar-refractivity contribution in [3.63, 3.8) is 0 Å². The van der Waals surface area contributed by atoms with Crippen molar-refractivity contribution in [2.24, 2.45) is 0 Å². The molecule has 0 spiro atoms. The molecule has 0 N–H and O–H groups in total. The Hall–Kier alpha value is -2.30. The normalized spacial score (nSPS) is 16.7. The van der Waals surface area contributed by atoms with E-state index in [-0.39, 0.29) is 6.61 Å². The van der Waals surface area contributed by atoms with Crippen molar-refractivity contribution in [3.05, 3.63) is 47.3 Å². The van der Waals surface area contributed by atoms with Crippen LogP contribution in [-0.4, -0.2) is 36.6 Å². The van der Waals surface area contributed by atoms with E-state index in [1.54, 1.807) is 20.0 Å². The van der Waals surface area contributed by atoms with Crippen molar-refractivity contribution in [1.29, 1.82) is 0 Å². The number of rotatable bonds is 4. The molecule has 2 rings (SSSR count). The van der Waals surface area contributed by atoms with Gasteiger partial charge in [0.2, 0.25) is 0 Å². The zero-order chi connectivity index (χ0) is 14.5. The van der Waals surface area contributed by atoms with Crippen molar-refractivity contribution in [1.82, 2.24) is 4.90 Å². The van der Waals surface area contributed by atoms with Crippen LogP contribution in [0.2, 0.25) is 0 Å². The molecule has 2 aliphatic rings. The fraction of sp³-hybridized carbons (Fsp3) is 0.333. The van der Waals surface area contributed by atoms with E-state index >= 15 is 0 Å². The van der Waals surface area contributed by atoms with E-state index in [4.69, 9.17) is 9.47 Å². The van der Waals surface area contributed by atoms with Gasteiger partial charge >= 0.3 is 11.9 Å². The molecule has 5 nitrogen and oxygen atoms in total. The third-order valence-corrected chi connectivity index (χ3v) is 2.88. The van der Waals surface area contributed by atoms with Gasteiger partial charge in [-0.3, -0.25) is 0 Å². The highest BCUT2D eigenvalue weighted by Crippen LogP contribution is 2.27. The first-order valence-corrected chi connectivity index (χ1v) is 6.59. The van der Waals surface area contributed by atoms with E-state index < -0.39 is 11.9 Å². The molecule has 0 saturated heterocycles. The molecular weight excluding hydrogens is 258 g/mol. The smallest absolute Gasteiger partial charge is 0.340 e. The highest BCUT2D eigenvalue weighted by Gasteiger charge is 2.27. The Kier molecular flexibility index (Phi) is 4.40. The van der Waals surface area contributed by atoms with Gasteiger partial charge in [0.05, 0.1) is 30.1 Å². The van der Waals surface area contributed by atoms with Crippen LogP contribution in [0.25, 0.3) is 0 Å². The number of nitrogens with zero attached hydrogens (tertiary/aromatic N) is 1. The summed E-state index contributed by atoms with van der Waals surface area (Å²) >= 11 is 0. The van der Waals surface area contributed by atoms with E-state index in [0.29, 0.717) is 24.3 Å². The van der Waals surface area contributed by atoms with Crippen LogP contribution in [0, 0.1) is 0 Å². The number of fused-ring (bicyclic) bond motifs is 1. The average Bonchev–Trinajstić information content (AvgIpc) is 2.46. The maximum atomic E-state index is 12.0. The number of carbonyl (C=O) groups is 2. The van der Waals surface area contributed by atoms with E-state index in [9.17, 15) is 9.59 Å². The van der Waals surface area contributed by atoms with E-state index in [0.717, 1.165) is 5.70 Å². The molecule has 0 amide bonds. The topological polar surface area (TPSA) is 55.8 Å². The average molecular weight is 275 g/mol. The van der Waals surface area contributed by atoms with Gasteiger partial charge in [0, 0.05) is 12.7 Å². The molecule has 0 radical (unpaired) electrons. The summed E-state index contributed by atoms with van der Waals surface area (Å²) in [6.07, 6.45) is 8.86. The highest BCUT2D eigenvalue weighted by atomic mass is 16.5. The molecule has 0 aromatic carbocycles. The van der Waals surface area contributed by atoms with Crippen LogP contribution in [0.15, 0.2) is 47.3 Å². The quantitative estimate of drug-likeness (QED) is 0.731. The summed E-state index contributed by atoms with van der Waals surface area (Å²) < 4.78 is 10.0. The van der Waals surface area contributed by atoms with E-state index in [1.165, 1.54) is 6.08 Å². The fourth-order valence-electron chi connectivity index (χ4n) is 2.03. The summed E-state index contributed by atoms with van der Waals surface area (Å²) in [5.41, 5.74) is 1.46. The van der Waals surface area contributed by atoms with Gasteiger partial charge in [0.15, 0.2) is 0 Å². The van der Waals surface area contributed by atoms with Gasteiger partial charge in [0.25, 0.3) is 0 Å². The van der Waals surface area contributed by atoms with Crippen LogP contribution in [0.5, 0.6) is 0 Å². The van der Waals surface area contributed by atoms with Crippen molar-refractivity contribution in [3.8, 4) is 0 Å². The van der Waals surface area contributed by atoms with Gasteiger partial charge in [-0.1, -0.05) is 12.2 Å². The first-order chi connectivity index (χ1) is 9.67. The minimum atomic E-state index is -0.442. The Bertz CT molecular complexity index is 540. The highest BCUT2D eigenvalue weighted by molar-refractivity contribution is 6.00. The summed E-state index contributed by atoms with van der Waals surface area (Å²) in [7, 11) is 0. The monoisotopic (exact) mass is 275 g/mol. The lowest BCUT2D eigenvalue weighted by Gasteiger charge is -2.29. The third kappa shape index (κ3) is 2.82. The van der Waals surface area contributed by atoms with Crippen LogP contribution >= 0.6 is 0 Å². The number of ether oxygens (including phenoxy) is 2. The molecule has 0 saturated carbocycles. The molecular formula is C15H17NO4. The summed E-state index contributed by atoms with van der Waals surface area (Å²) in [6, 6.07) is 0. The number of hydrogen-bond donors (Lipinski definition) is 0. The maximum Gasteiger partial charge on any atom is 0.340 e. The molecule has 0 aliphatic carbocycles. The zero-order valence-corrected chi connectivity index (χ0v) is 11.6. The molecule has 0 atom stereocenters. The minimum Gasteiger partial charge on any atom is -0.462 e. The Labute approximate surface area is 117 Å². The molecule has 5 heteroatoms. The van der Waals surface area contributed by atoms with Gasteiger partial charge in [-0.2, -0.15) is 0 Å². The molecule has 2 heterocycles. The second-order valence-electron chi connectivity index (χ2n) is 4.22. The summed E-state index contributed by atoms with van der Waals surface area (Å²) in [6.45, 7) is 4.67. The van der Waals surface area contributed by atoms with E-state index in [2.05, 4.69) is 0 Å². The number of carbonyl (C=O) groups excluding carboxylic acids is 2. The van der Waals surface area contributed by atoms with E-state index in [1.807, 2.05) is 23.1 Å². The van der Waals surface area contributed by atoms with Crippen LogP contribution in [0.1, 0.15) is 13.8 Å². The maximum absolute atomic E-state index is 12.0. The molecule has 0 aromatic rings. The summed E-state index contributed by atoms with van der Waals surface area (Å²) in [4.78, 5) is 25.7. The predicted octanol–water partition coefficient (Wildman–Crippen LogP) is 1.69. The molecule has 2 aliphatic heterocycles. The summed E-state index contributed by atoms with van der Waals surface area (Å²) in [5, 5.41) is 0. The standard InChI is InChI=1S/C15H17NO4/c1-3-19-14(17)11-9-12(15(18)20-4-2)13-7-5-6-8-16(13)10-11/h5-7,9-10H,3-4,8H2,1-2H3. The van der Waals surface area contributed by atoms with Crippen molar-refractivity contribution in [2.75, 3.05) is 19.8 Å². The Morgan fingerprint density at radius 1 is 1.20 bits per heavy atom. The number of allylic oxidation sites excluding steroid dienone is 2. The first-order valence-electron chi connectivity index (χ1n) is 6.59. The largest absolute Gasteiger partial charge is 0.462 e. The van der Waals surface area contributed by atoms with Gasteiger partial charge < -0.3 is 14.4 Å². The van der Waals surface area contributed by atoms with Crippen LogP contribution in [0.4, 0.5) is 0 Å². The van der Waals surface area contributed by atoms with Crippen LogP contribution < -0.4 is 0 Å². The Morgan fingerprint density at radius 2 is 1.90 bits per heavy atom. The van der Waals surface area contributed by atoms with Gasteiger partial charge in [-0.15, -0.1) is 0 Å². The second-order valence-corrected chi connectivity index (χ2v) is 4.22. The van der Waals surface area contributed by atoms with Crippen molar-refractivity contribution >= 4 is 11.9 Å². The first kappa shape index (κ1) is 14.1. The molecule has 106 valence electrons. The Balaban J connectivity index is 2.35. The van der Waals surface area contributed by atoms with Gasteiger partial charge in [0.1, 0.15) is 0 Å². The molecule has 0 unspecified atom stereocenters. The molecule has 0 fully saturated rings. The lowest BCUT2D eigenvalue weighted by Crippen LogP contribution is -2.29. The number of hydrogen-bond acceptors (Lipinski definition) is 5. The molecule has 20 heavy (non-hydrogen) atoms. The van der Waals surface area contributed by atoms with Crippen LogP contribution in [0.3, 0.4) is 0 Å².